The summed E-state index contributed by atoms with van der Waals surface area (Å²) in [6.07, 6.45) is 0. The number of halogens is 1. The van der Waals surface area contributed by atoms with Crippen LogP contribution in [0.1, 0.15) is 19.4 Å². The fraction of sp³-hybridized carbons (Fsp3) is 0.409. The standard InChI is InChI=1S/C22H32N4O3.HI/c1-5-26(6-2)13-14-29-20-10-8-7-9-17(20)16-24-22(23)25-19-15-18(27-3)11-12-21(19)28-4;/h7-12,15H,5-6,13-14,16H2,1-4H3,(H3,23,24,25);1H. The van der Waals surface area contributed by atoms with E-state index in [1.165, 1.54) is 0 Å². The molecule has 0 heterocycles. The Morgan fingerprint density at radius 3 is 2.43 bits per heavy atom. The zero-order valence-corrected chi connectivity index (χ0v) is 20.5. The molecule has 0 aliphatic heterocycles. The average Bonchev–Trinajstić information content (AvgIpc) is 2.76. The van der Waals surface area contributed by atoms with Gasteiger partial charge in [0.05, 0.1) is 26.5 Å². The van der Waals surface area contributed by atoms with Crippen molar-refractivity contribution in [1.29, 1.82) is 0 Å². The molecule has 8 heteroatoms. The highest BCUT2D eigenvalue weighted by molar-refractivity contribution is 14.0. The molecule has 0 unspecified atom stereocenters. The molecule has 0 amide bonds. The Kier molecular flexibility index (Phi) is 12.0. The number of likely N-dealkylation sites (N-methyl/N-ethyl adjacent to an activating group) is 1. The Morgan fingerprint density at radius 2 is 1.77 bits per heavy atom. The quantitative estimate of drug-likeness (QED) is 0.261. The summed E-state index contributed by atoms with van der Waals surface area (Å²) in [7, 11) is 3.21. The lowest BCUT2D eigenvalue weighted by molar-refractivity contribution is 0.221. The summed E-state index contributed by atoms with van der Waals surface area (Å²) in [5.41, 5.74) is 7.76. The van der Waals surface area contributed by atoms with E-state index >= 15 is 0 Å². The van der Waals surface area contributed by atoms with Crippen LogP contribution in [0, 0.1) is 0 Å². The van der Waals surface area contributed by atoms with E-state index in [0.717, 1.165) is 30.9 Å². The molecule has 0 atom stereocenters. The number of rotatable bonds is 11. The first kappa shape index (κ1) is 25.8. The molecule has 0 fully saturated rings. The van der Waals surface area contributed by atoms with Crippen molar-refractivity contribution in [2.45, 2.75) is 20.4 Å². The third-order valence-electron chi connectivity index (χ3n) is 4.62. The molecule has 2 aromatic carbocycles. The lowest BCUT2D eigenvalue weighted by atomic mass is 10.2. The van der Waals surface area contributed by atoms with E-state index in [2.05, 4.69) is 29.1 Å². The minimum Gasteiger partial charge on any atom is -0.497 e. The van der Waals surface area contributed by atoms with E-state index in [1.54, 1.807) is 14.2 Å². The number of anilines is 1. The number of nitrogens with one attached hydrogen (secondary N) is 1. The number of nitrogens with zero attached hydrogens (tertiary/aromatic N) is 2. The number of aliphatic imine (C=N–C) groups is 1. The van der Waals surface area contributed by atoms with Gasteiger partial charge in [-0.15, -0.1) is 24.0 Å². The molecular weight excluding hydrogens is 495 g/mol. The topological polar surface area (TPSA) is 81.3 Å². The molecule has 2 rings (SSSR count). The van der Waals surface area contributed by atoms with Crippen LogP contribution < -0.4 is 25.3 Å². The van der Waals surface area contributed by atoms with E-state index in [-0.39, 0.29) is 29.9 Å². The SMILES string of the molecule is CCN(CC)CCOc1ccccc1CN=C(N)Nc1cc(OC)ccc1OC.I. The van der Waals surface area contributed by atoms with Crippen molar-refractivity contribution in [2.75, 3.05) is 45.8 Å². The Hall–Kier alpha value is -2.20. The second kappa shape index (κ2) is 13.9. The summed E-state index contributed by atoms with van der Waals surface area (Å²) in [4.78, 5) is 6.78. The lowest BCUT2D eigenvalue weighted by Crippen LogP contribution is -2.28. The predicted molar refractivity (Wildman–Crippen MR) is 134 cm³/mol. The average molecular weight is 528 g/mol. The summed E-state index contributed by atoms with van der Waals surface area (Å²) < 4.78 is 16.6. The predicted octanol–water partition coefficient (Wildman–Crippen LogP) is 3.97. The van der Waals surface area contributed by atoms with Gasteiger partial charge in [-0.2, -0.15) is 0 Å². The highest BCUT2D eigenvalue weighted by atomic mass is 127. The maximum atomic E-state index is 6.09. The normalized spacial score (nSPS) is 11.0. The summed E-state index contributed by atoms with van der Waals surface area (Å²) in [6, 6.07) is 13.3. The van der Waals surface area contributed by atoms with Gasteiger partial charge >= 0.3 is 0 Å². The molecule has 0 radical (unpaired) electrons. The summed E-state index contributed by atoms with van der Waals surface area (Å²) >= 11 is 0. The van der Waals surface area contributed by atoms with Crippen LogP contribution in [0.5, 0.6) is 17.2 Å². The van der Waals surface area contributed by atoms with Crippen molar-refractivity contribution < 1.29 is 14.2 Å². The molecule has 2 aromatic rings. The fourth-order valence-corrected chi connectivity index (χ4v) is 2.86. The van der Waals surface area contributed by atoms with Crippen molar-refractivity contribution in [2.24, 2.45) is 10.7 Å². The molecule has 3 N–H and O–H groups in total. The lowest BCUT2D eigenvalue weighted by Gasteiger charge is -2.18. The number of ether oxygens (including phenoxy) is 3. The first-order valence-corrected chi connectivity index (χ1v) is 9.83. The molecule has 0 saturated heterocycles. The summed E-state index contributed by atoms with van der Waals surface area (Å²) in [5.74, 6) is 2.47. The molecule has 166 valence electrons. The van der Waals surface area contributed by atoms with Gasteiger partial charge in [0.2, 0.25) is 0 Å². The molecule has 0 saturated carbocycles. The van der Waals surface area contributed by atoms with Crippen LogP contribution in [-0.4, -0.2) is 51.3 Å². The van der Waals surface area contributed by atoms with Gasteiger partial charge in [0.15, 0.2) is 5.96 Å². The number of guanidine groups is 1. The molecular formula is C22H33IN4O3. The van der Waals surface area contributed by atoms with Gasteiger partial charge in [-0.1, -0.05) is 32.0 Å². The molecule has 7 nitrogen and oxygen atoms in total. The van der Waals surface area contributed by atoms with Gasteiger partial charge in [-0.25, -0.2) is 4.99 Å². The van der Waals surface area contributed by atoms with Gasteiger partial charge in [0, 0.05) is 18.2 Å². The van der Waals surface area contributed by atoms with Crippen molar-refractivity contribution in [3.63, 3.8) is 0 Å². The number of hydrogen-bond acceptors (Lipinski definition) is 5. The van der Waals surface area contributed by atoms with Crippen LogP contribution in [0.25, 0.3) is 0 Å². The zero-order valence-electron chi connectivity index (χ0n) is 18.2. The molecule has 0 spiro atoms. The van der Waals surface area contributed by atoms with Gasteiger partial charge in [-0.3, -0.25) is 0 Å². The summed E-state index contributed by atoms with van der Waals surface area (Å²) in [5, 5.41) is 3.07. The Balaban J connectivity index is 0.00000450. The molecule has 0 aliphatic rings. The molecule has 0 aliphatic carbocycles. The van der Waals surface area contributed by atoms with Crippen LogP contribution in [0.4, 0.5) is 5.69 Å². The van der Waals surface area contributed by atoms with Crippen molar-refractivity contribution in [1.82, 2.24) is 4.90 Å². The van der Waals surface area contributed by atoms with Gasteiger partial charge in [0.1, 0.15) is 23.9 Å². The minimum atomic E-state index is 0. The third-order valence-corrected chi connectivity index (χ3v) is 4.62. The Labute approximate surface area is 196 Å². The second-order valence-electron chi connectivity index (χ2n) is 6.38. The van der Waals surface area contributed by atoms with Crippen LogP contribution >= 0.6 is 24.0 Å². The molecule has 0 aromatic heterocycles. The van der Waals surface area contributed by atoms with Crippen LogP contribution in [0.15, 0.2) is 47.5 Å². The van der Waals surface area contributed by atoms with E-state index < -0.39 is 0 Å². The summed E-state index contributed by atoms with van der Waals surface area (Å²) in [6.45, 7) is 8.27. The van der Waals surface area contributed by atoms with E-state index in [9.17, 15) is 0 Å². The third kappa shape index (κ3) is 7.91. The highest BCUT2D eigenvalue weighted by Gasteiger charge is 2.08. The van der Waals surface area contributed by atoms with Gasteiger partial charge in [0.25, 0.3) is 0 Å². The maximum Gasteiger partial charge on any atom is 0.193 e. The highest BCUT2D eigenvalue weighted by Crippen LogP contribution is 2.28. The monoisotopic (exact) mass is 528 g/mol. The maximum absolute atomic E-state index is 6.09. The van der Waals surface area contributed by atoms with Crippen LogP contribution in [0.2, 0.25) is 0 Å². The van der Waals surface area contributed by atoms with Crippen molar-refractivity contribution in [3.05, 3.63) is 48.0 Å². The first-order valence-electron chi connectivity index (χ1n) is 9.83. The zero-order chi connectivity index (χ0) is 21.1. The number of benzene rings is 2. The Bertz CT molecular complexity index is 798. The van der Waals surface area contributed by atoms with Gasteiger partial charge < -0.3 is 30.2 Å². The molecule has 0 bridgehead atoms. The van der Waals surface area contributed by atoms with E-state index in [1.807, 2.05) is 42.5 Å². The molecule has 30 heavy (non-hydrogen) atoms. The van der Waals surface area contributed by atoms with E-state index in [0.29, 0.717) is 30.3 Å². The number of nitrogens with two attached hydrogens (primary N) is 1. The van der Waals surface area contributed by atoms with Gasteiger partial charge in [-0.05, 0) is 31.3 Å². The number of para-hydroxylation sites is 1. The van der Waals surface area contributed by atoms with Crippen molar-refractivity contribution in [3.8, 4) is 17.2 Å². The van der Waals surface area contributed by atoms with Crippen LogP contribution in [0.3, 0.4) is 0 Å². The first-order chi connectivity index (χ1) is 14.1. The number of methoxy groups -OCH3 is 2. The Morgan fingerprint density at radius 1 is 1.03 bits per heavy atom. The second-order valence-corrected chi connectivity index (χ2v) is 6.38. The largest absolute Gasteiger partial charge is 0.497 e. The van der Waals surface area contributed by atoms with E-state index in [4.69, 9.17) is 19.9 Å². The minimum absolute atomic E-state index is 0. The van der Waals surface area contributed by atoms with Crippen molar-refractivity contribution >= 4 is 35.6 Å². The number of hydrogen-bond donors (Lipinski definition) is 2. The fourth-order valence-electron chi connectivity index (χ4n) is 2.86. The smallest absolute Gasteiger partial charge is 0.193 e. The van der Waals surface area contributed by atoms with Crippen LogP contribution in [-0.2, 0) is 6.54 Å².